The van der Waals surface area contributed by atoms with Crippen LogP contribution in [0.2, 0.25) is 38.3 Å². The molecule has 4 heterocycles. The minimum absolute atomic E-state index is 0.0100. The van der Waals surface area contributed by atoms with Crippen molar-refractivity contribution in [2.45, 2.75) is 74.3 Å². The van der Waals surface area contributed by atoms with E-state index in [1.165, 1.54) is 90.8 Å². The molecule has 2 N–H and O–H groups in total. The third kappa shape index (κ3) is 8.43. The van der Waals surface area contributed by atoms with E-state index in [1.54, 1.807) is 0 Å². The first-order valence-corrected chi connectivity index (χ1v) is 32.2. The monoisotopic (exact) mass is 1090 g/mol. The summed E-state index contributed by atoms with van der Waals surface area (Å²) < 4.78 is 48.7. The summed E-state index contributed by atoms with van der Waals surface area (Å²) in [5.41, 5.74) is -0.199. The minimum atomic E-state index is -5.21. The molecule has 0 saturated carbocycles. The van der Waals surface area contributed by atoms with E-state index in [-0.39, 0.29) is 100.0 Å². The van der Waals surface area contributed by atoms with E-state index >= 15 is 0 Å². The number of unbranched alkanes of at least 4 members (excludes halogenated alkanes) is 1. The third-order valence-corrected chi connectivity index (χ3v) is 23.2. The number of hydrogen-bond acceptors (Lipinski definition) is 15. The van der Waals surface area contributed by atoms with Crippen LogP contribution in [0.4, 0.5) is 11.4 Å². The summed E-state index contributed by atoms with van der Waals surface area (Å²) in [4.78, 5) is 114. The Balaban J connectivity index is 0.957. The van der Waals surface area contributed by atoms with Crippen molar-refractivity contribution >= 4 is 119 Å². The lowest BCUT2D eigenvalue weighted by molar-refractivity contribution is -0.432. The molecule has 0 spiro atoms. The highest BCUT2D eigenvalue weighted by Crippen LogP contribution is 2.45. The Morgan fingerprint density at radius 2 is 0.893 bits per heavy atom. The Morgan fingerprint density at radius 1 is 0.520 bits per heavy atom. The first kappa shape index (κ1) is 51.4. The number of carbonyl (C=O) groups is 8. The normalized spacial score (nSPS) is 15.7. The van der Waals surface area contributed by atoms with E-state index in [4.69, 9.17) is 8.45 Å². The Labute approximate surface area is 435 Å². The molecule has 0 atom stereocenters. The lowest BCUT2D eigenvalue weighted by Gasteiger charge is -2.35. The summed E-state index contributed by atoms with van der Waals surface area (Å²) >= 11 is 0.330. The van der Waals surface area contributed by atoms with Gasteiger partial charge in [-0.2, -0.15) is 8.42 Å². The SMILES string of the molecule is CCCC[Si](C)(C)O[Si](C)(C)CCCN1C(=O)c2ccc3c4c(ccc(c24)C1=O)C(=O)N(c1ccc(-c2ccc(N4C(=O)c5ccc6c7c(ccc(c57)C4=O)C(=O)N(C)C6=O)cc2S(=O)(=O)O)c(SOOO)c1)C3=O. The fraction of sp³-hybridized carbons (Fsp3) is 0.231. The molecule has 19 nitrogen and oxygen atoms in total. The Morgan fingerprint density at radius 3 is 1.31 bits per heavy atom. The molecular weight excluding hydrogens is 1040 g/mol. The van der Waals surface area contributed by atoms with Gasteiger partial charge in [0, 0.05) is 90.1 Å². The van der Waals surface area contributed by atoms with Crippen LogP contribution in [-0.2, 0) is 23.6 Å². The zero-order chi connectivity index (χ0) is 53.8. The molecule has 0 bridgehead atoms. The van der Waals surface area contributed by atoms with Crippen LogP contribution in [0, 0.1) is 0 Å². The molecule has 0 fully saturated rings. The van der Waals surface area contributed by atoms with Crippen LogP contribution in [0.1, 0.15) is 109 Å². The highest BCUT2D eigenvalue weighted by atomic mass is 32.2. The summed E-state index contributed by atoms with van der Waals surface area (Å²) in [5.74, 6) is -5.86. The van der Waals surface area contributed by atoms with Gasteiger partial charge >= 0.3 is 0 Å². The van der Waals surface area contributed by atoms with Gasteiger partial charge in [-0.3, -0.25) is 52.7 Å². The second-order valence-corrected chi connectivity index (χ2v) is 30.8. The number of imide groups is 4. The van der Waals surface area contributed by atoms with Gasteiger partial charge in [0.1, 0.15) is 4.90 Å². The zero-order valence-electron chi connectivity index (χ0n) is 41.1. The Bertz CT molecular complexity index is 3610. The van der Waals surface area contributed by atoms with Crippen LogP contribution >= 0.6 is 12.0 Å². The lowest BCUT2D eigenvalue weighted by atomic mass is 9.85. The van der Waals surface area contributed by atoms with Crippen molar-refractivity contribution in [2.24, 2.45) is 0 Å². The minimum Gasteiger partial charge on any atom is -0.455 e. The van der Waals surface area contributed by atoms with Crippen molar-refractivity contribution in [1.29, 1.82) is 0 Å². The molecule has 4 aliphatic rings. The number of benzene rings is 6. The van der Waals surface area contributed by atoms with Crippen LogP contribution in [0.5, 0.6) is 0 Å². The highest BCUT2D eigenvalue weighted by molar-refractivity contribution is 7.94. The fourth-order valence-electron chi connectivity index (χ4n) is 10.8. The van der Waals surface area contributed by atoms with Crippen LogP contribution in [0.25, 0.3) is 32.7 Å². The number of amides is 8. The zero-order valence-corrected chi connectivity index (χ0v) is 44.8. The molecule has 6 aromatic rings. The van der Waals surface area contributed by atoms with Crippen molar-refractivity contribution in [2.75, 3.05) is 23.4 Å². The van der Waals surface area contributed by atoms with Crippen molar-refractivity contribution in [3.63, 3.8) is 0 Å². The van der Waals surface area contributed by atoms with Gasteiger partial charge in [0.15, 0.2) is 16.6 Å². The Kier molecular flexibility index (Phi) is 12.8. The molecule has 10 rings (SSSR count). The van der Waals surface area contributed by atoms with E-state index in [2.05, 4.69) is 38.2 Å². The fourth-order valence-corrected chi connectivity index (χ4v) is 21.1. The van der Waals surface area contributed by atoms with E-state index in [0.29, 0.717) is 23.4 Å². The summed E-state index contributed by atoms with van der Waals surface area (Å²) in [5, 5.41) is 13.6. The number of hydrogen-bond donors (Lipinski definition) is 2. The first-order valence-electron chi connectivity index (χ1n) is 23.8. The number of nitrogens with zero attached hydrogens (tertiary/aromatic N) is 4. The van der Waals surface area contributed by atoms with Gasteiger partial charge in [-0.05, 0) is 123 Å². The molecule has 0 saturated heterocycles. The van der Waals surface area contributed by atoms with E-state index in [1.807, 2.05) is 0 Å². The van der Waals surface area contributed by atoms with Crippen LogP contribution in [-0.4, -0.2) is 106 Å². The third-order valence-electron chi connectivity index (χ3n) is 14.1. The van der Waals surface area contributed by atoms with Gasteiger partial charge in [-0.1, -0.05) is 36.9 Å². The maximum atomic E-state index is 14.5. The van der Waals surface area contributed by atoms with Crippen molar-refractivity contribution < 1.29 is 70.1 Å². The molecule has 0 radical (unpaired) electrons. The molecule has 75 heavy (non-hydrogen) atoms. The summed E-state index contributed by atoms with van der Waals surface area (Å²) in [6.45, 7) is 11.1. The smallest absolute Gasteiger partial charge is 0.295 e. The van der Waals surface area contributed by atoms with Crippen molar-refractivity contribution in [1.82, 2.24) is 9.80 Å². The van der Waals surface area contributed by atoms with Gasteiger partial charge in [-0.25, -0.2) is 15.1 Å². The molecule has 23 heteroatoms. The predicted octanol–water partition coefficient (Wildman–Crippen LogP) is 9.38. The predicted molar refractivity (Wildman–Crippen MR) is 280 cm³/mol. The summed E-state index contributed by atoms with van der Waals surface area (Å²) in [6, 6.07) is 20.1. The summed E-state index contributed by atoms with van der Waals surface area (Å²) in [7, 11) is -7.93. The lowest BCUT2D eigenvalue weighted by Crippen LogP contribution is -2.46. The maximum absolute atomic E-state index is 14.5. The molecule has 8 amide bonds. The van der Waals surface area contributed by atoms with Gasteiger partial charge in [0.25, 0.3) is 57.4 Å². The molecule has 6 aromatic carbocycles. The molecule has 0 aromatic heterocycles. The standard InChI is InChI=1S/C52H46N4O15S2Si2/c1-7-8-23-74(3,4)71-75(5,6)24-9-22-54-47(59)33-16-20-37-44-38(21-17-34(42(33)44)48(54)60)50(62)55(49(37)61)27-10-12-29(39(25-27)72-70-69-65)30-13-11-28(26-40(30)73(66,67)68)56-51(63)35-18-14-31-41-32(46(58)53(2)45(31)57)15-19-36(43(35)41)52(56)64/h10-21,25-26,65H,7-9,22-24H2,1-6H3,(H,66,67,68). The summed E-state index contributed by atoms with van der Waals surface area (Å²) in [6.07, 6.45) is 2.72. The van der Waals surface area contributed by atoms with Crippen molar-refractivity contribution in [3.8, 4) is 11.1 Å². The molecule has 384 valence electrons. The van der Waals surface area contributed by atoms with Gasteiger partial charge in [0.05, 0.1) is 23.4 Å². The maximum Gasteiger partial charge on any atom is 0.295 e. The molecule has 4 aliphatic heterocycles. The second-order valence-electron chi connectivity index (χ2n) is 19.9. The van der Waals surface area contributed by atoms with Gasteiger partial charge in [0.2, 0.25) is 0 Å². The molecule has 0 unspecified atom stereocenters. The largest absolute Gasteiger partial charge is 0.455 e. The van der Waals surface area contributed by atoms with E-state index < -0.39 is 78.9 Å². The van der Waals surface area contributed by atoms with Gasteiger partial charge < -0.3 is 4.12 Å². The average molecular weight is 1090 g/mol. The number of rotatable bonds is 16. The van der Waals surface area contributed by atoms with E-state index in [9.17, 15) is 56.6 Å². The topological polar surface area (TPSA) is 252 Å². The molecule has 0 aliphatic carbocycles. The van der Waals surface area contributed by atoms with Crippen LogP contribution < -0.4 is 9.80 Å². The first-order chi connectivity index (χ1) is 35.5. The van der Waals surface area contributed by atoms with Crippen molar-refractivity contribution in [3.05, 3.63) is 129 Å². The highest BCUT2D eigenvalue weighted by Gasteiger charge is 2.43. The van der Waals surface area contributed by atoms with Crippen LogP contribution in [0.15, 0.2) is 94.7 Å². The van der Waals surface area contributed by atoms with Gasteiger partial charge in [-0.15, -0.1) is 4.33 Å². The molecular formula is C52H46N4O15S2Si2. The quantitative estimate of drug-likeness (QED) is 0.0229. The average Bonchev–Trinajstić information content (AvgIpc) is 3.36. The Hall–Kier alpha value is -7.07. The number of anilines is 2. The van der Waals surface area contributed by atoms with E-state index in [0.717, 1.165) is 40.8 Å². The number of carbonyl (C=O) groups excluding carboxylic acids is 8. The second kappa shape index (κ2) is 18.6. The van der Waals surface area contributed by atoms with Crippen LogP contribution in [0.3, 0.4) is 0 Å².